The first-order valence-corrected chi connectivity index (χ1v) is 4.99. The summed E-state index contributed by atoms with van der Waals surface area (Å²) in [5.41, 5.74) is -0.670. The minimum atomic E-state index is -4.92. The third-order valence-electron chi connectivity index (χ3n) is 1.63. The minimum absolute atomic E-state index is 0.0916. The van der Waals surface area contributed by atoms with Crippen molar-refractivity contribution in [1.82, 2.24) is 4.98 Å². The minimum Gasteiger partial charge on any atom is -0.403 e. The first kappa shape index (κ1) is 13.4. The number of pyridine rings is 1. The van der Waals surface area contributed by atoms with Gasteiger partial charge in [0.1, 0.15) is 0 Å². The number of alkyl halides is 5. The van der Waals surface area contributed by atoms with Gasteiger partial charge in [-0.15, -0.1) is 13.2 Å². The summed E-state index contributed by atoms with van der Waals surface area (Å²) in [5, 5.41) is 0. The predicted molar refractivity (Wildman–Crippen MR) is 53.3 cm³/mol. The van der Waals surface area contributed by atoms with Crippen molar-refractivity contribution in [2.75, 3.05) is 0 Å². The molecule has 0 unspecified atom stereocenters. The van der Waals surface area contributed by atoms with Crippen LogP contribution in [0, 0.1) is 10.5 Å². The standard InChI is InChI=1S/C8H5F5INO/c1-3-6(16-8(11,12)13)5(14)4(2-15-3)7(9)10/h2,7H,1H3. The molecule has 0 radical (unpaired) electrons. The lowest BCUT2D eigenvalue weighted by atomic mass is 10.2. The summed E-state index contributed by atoms with van der Waals surface area (Å²) in [7, 11) is 0. The normalized spacial score (nSPS) is 12.0. The van der Waals surface area contributed by atoms with E-state index >= 15 is 0 Å². The Morgan fingerprint density at radius 1 is 1.38 bits per heavy atom. The Bertz CT molecular complexity index is 393. The molecule has 16 heavy (non-hydrogen) atoms. The maximum absolute atomic E-state index is 12.4. The van der Waals surface area contributed by atoms with E-state index in [2.05, 4.69) is 9.72 Å². The quantitative estimate of drug-likeness (QED) is 0.596. The second-order valence-corrected chi connectivity index (χ2v) is 3.87. The lowest BCUT2D eigenvalue weighted by Crippen LogP contribution is -2.19. The van der Waals surface area contributed by atoms with Gasteiger partial charge >= 0.3 is 6.36 Å². The van der Waals surface area contributed by atoms with Crippen LogP contribution in [0.25, 0.3) is 0 Å². The van der Waals surface area contributed by atoms with Gasteiger partial charge in [-0.2, -0.15) is 0 Å². The second kappa shape index (κ2) is 4.68. The van der Waals surface area contributed by atoms with Gasteiger partial charge in [-0.1, -0.05) is 0 Å². The Morgan fingerprint density at radius 3 is 2.38 bits per heavy atom. The molecule has 90 valence electrons. The van der Waals surface area contributed by atoms with Crippen LogP contribution in [0.2, 0.25) is 0 Å². The van der Waals surface area contributed by atoms with E-state index in [-0.39, 0.29) is 9.26 Å². The van der Waals surface area contributed by atoms with E-state index in [0.29, 0.717) is 0 Å². The first-order chi connectivity index (χ1) is 7.22. The first-order valence-electron chi connectivity index (χ1n) is 3.91. The topological polar surface area (TPSA) is 22.1 Å². The van der Waals surface area contributed by atoms with Gasteiger partial charge in [0.25, 0.3) is 6.43 Å². The molecule has 0 fully saturated rings. The van der Waals surface area contributed by atoms with E-state index in [4.69, 9.17) is 0 Å². The van der Waals surface area contributed by atoms with E-state index < -0.39 is 24.1 Å². The molecule has 1 heterocycles. The highest BCUT2D eigenvalue weighted by atomic mass is 127. The highest BCUT2D eigenvalue weighted by Crippen LogP contribution is 2.35. The molecular formula is C8H5F5INO. The zero-order chi connectivity index (χ0) is 12.5. The van der Waals surface area contributed by atoms with Gasteiger partial charge in [-0.3, -0.25) is 4.98 Å². The molecule has 0 atom stereocenters. The summed E-state index contributed by atoms with van der Waals surface area (Å²) in [4.78, 5) is 3.44. The number of aromatic nitrogens is 1. The Morgan fingerprint density at radius 2 is 1.94 bits per heavy atom. The van der Waals surface area contributed by atoms with Crippen molar-refractivity contribution in [3.05, 3.63) is 21.0 Å². The fourth-order valence-corrected chi connectivity index (χ4v) is 1.83. The SMILES string of the molecule is Cc1ncc(C(F)F)c(I)c1OC(F)(F)F. The monoisotopic (exact) mass is 353 g/mol. The summed E-state index contributed by atoms with van der Waals surface area (Å²) in [6.07, 6.45) is -6.98. The zero-order valence-corrected chi connectivity index (χ0v) is 9.94. The van der Waals surface area contributed by atoms with Crippen molar-refractivity contribution >= 4 is 22.6 Å². The van der Waals surface area contributed by atoms with Crippen LogP contribution in [-0.4, -0.2) is 11.3 Å². The number of hydrogen-bond donors (Lipinski definition) is 0. The Kier molecular flexibility index (Phi) is 3.92. The smallest absolute Gasteiger partial charge is 0.403 e. The number of aryl methyl sites for hydroxylation is 1. The van der Waals surface area contributed by atoms with Crippen molar-refractivity contribution in [2.45, 2.75) is 19.7 Å². The maximum atomic E-state index is 12.4. The van der Waals surface area contributed by atoms with Gasteiger partial charge < -0.3 is 4.74 Å². The van der Waals surface area contributed by atoms with E-state index in [9.17, 15) is 22.0 Å². The van der Waals surface area contributed by atoms with Crippen LogP contribution in [0.3, 0.4) is 0 Å². The molecule has 0 aromatic carbocycles. The van der Waals surface area contributed by atoms with Crippen LogP contribution in [0.1, 0.15) is 17.7 Å². The molecule has 1 aromatic heterocycles. The van der Waals surface area contributed by atoms with Crippen molar-refractivity contribution < 1.29 is 26.7 Å². The van der Waals surface area contributed by atoms with Crippen LogP contribution in [0.4, 0.5) is 22.0 Å². The molecule has 0 bridgehead atoms. The molecule has 1 aromatic rings. The van der Waals surface area contributed by atoms with Crippen LogP contribution in [0.15, 0.2) is 6.20 Å². The molecule has 0 spiro atoms. The van der Waals surface area contributed by atoms with Gasteiger partial charge in [0.2, 0.25) is 0 Å². The Balaban J connectivity index is 3.21. The molecule has 0 aliphatic heterocycles. The number of halogens is 6. The highest BCUT2D eigenvalue weighted by Gasteiger charge is 2.34. The van der Waals surface area contributed by atoms with Gasteiger partial charge in [0, 0.05) is 6.20 Å². The summed E-state index contributed by atoms with van der Waals surface area (Å²) in [6, 6.07) is 0. The molecule has 8 heteroatoms. The largest absolute Gasteiger partial charge is 0.573 e. The third kappa shape index (κ3) is 3.16. The summed E-state index contributed by atoms with van der Waals surface area (Å²) < 4.78 is 64.1. The van der Waals surface area contributed by atoms with E-state index in [1.54, 1.807) is 0 Å². The average Bonchev–Trinajstić information content (AvgIpc) is 2.10. The highest BCUT2D eigenvalue weighted by molar-refractivity contribution is 14.1. The summed E-state index contributed by atoms with van der Waals surface area (Å²) in [6.45, 7) is 1.25. The van der Waals surface area contributed by atoms with Crippen molar-refractivity contribution in [2.24, 2.45) is 0 Å². The van der Waals surface area contributed by atoms with E-state index in [1.807, 2.05) is 0 Å². The molecule has 0 aliphatic rings. The maximum Gasteiger partial charge on any atom is 0.573 e. The van der Waals surface area contributed by atoms with Crippen molar-refractivity contribution in [1.29, 1.82) is 0 Å². The summed E-state index contributed by atoms with van der Waals surface area (Å²) in [5.74, 6) is -0.675. The lowest BCUT2D eigenvalue weighted by Gasteiger charge is -2.14. The van der Waals surface area contributed by atoms with E-state index in [1.165, 1.54) is 29.5 Å². The molecule has 0 aliphatic carbocycles. The fourth-order valence-electron chi connectivity index (χ4n) is 0.958. The number of hydrogen-bond acceptors (Lipinski definition) is 2. The average molecular weight is 353 g/mol. The number of rotatable bonds is 2. The van der Waals surface area contributed by atoms with Gasteiger partial charge in [0.05, 0.1) is 14.8 Å². The molecule has 0 saturated heterocycles. The molecule has 0 amide bonds. The fraction of sp³-hybridized carbons (Fsp3) is 0.375. The predicted octanol–water partition coefficient (Wildman–Crippen LogP) is 3.83. The van der Waals surface area contributed by atoms with Gasteiger partial charge in [-0.25, -0.2) is 8.78 Å². The van der Waals surface area contributed by atoms with Crippen LogP contribution in [0.5, 0.6) is 5.75 Å². The molecule has 1 rings (SSSR count). The van der Waals surface area contributed by atoms with E-state index in [0.717, 1.165) is 6.20 Å². The third-order valence-corrected chi connectivity index (χ3v) is 2.74. The second-order valence-electron chi connectivity index (χ2n) is 2.79. The molecule has 2 nitrogen and oxygen atoms in total. The van der Waals surface area contributed by atoms with Gasteiger partial charge in [0.15, 0.2) is 5.75 Å². The van der Waals surface area contributed by atoms with Gasteiger partial charge in [-0.05, 0) is 29.5 Å². The molecule has 0 N–H and O–H groups in total. The van der Waals surface area contributed by atoms with Crippen molar-refractivity contribution in [3.63, 3.8) is 0 Å². The van der Waals surface area contributed by atoms with Crippen molar-refractivity contribution in [3.8, 4) is 5.75 Å². The molecule has 0 saturated carbocycles. The summed E-state index contributed by atoms with van der Waals surface area (Å²) >= 11 is 1.38. The molecular weight excluding hydrogens is 348 g/mol. The van der Waals surface area contributed by atoms with Crippen LogP contribution < -0.4 is 4.74 Å². The Labute approximate surface area is 101 Å². The lowest BCUT2D eigenvalue weighted by molar-refractivity contribution is -0.275. The Hall–Kier alpha value is -0.670. The number of ether oxygens (including phenoxy) is 1. The zero-order valence-electron chi connectivity index (χ0n) is 7.78. The van der Waals surface area contributed by atoms with Crippen LogP contribution in [-0.2, 0) is 0 Å². The van der Waals surface area contributed by atoms with Crippen LogP contribution >= 0.6 is 22.6 Å². The number of nitrogens with zero attached hydrogens (tertiary/aromatic N) is 1.